The molecule has 3 aromatic rings. The first kappa shape index (κ1) is 17.5. The van der Waals surface area contributed by atoms with E-state index in [-0.39, 0.29) is 0 Å². The molecule has 0 saturated heterocycles. The molecule has 0 radical (unpaired) electrons. The lowest BCUT2D eigenvalue weighted by Crippen LogP contribution is -2.30. The van der Waals surface area contributed by atoms with Gasteiger partial charge >= 0.3 is 5.97 Å². The normalized spacial score (nSPS) is 11.8. The van der Waals surface area contributed by atoms with Gasteiger partial charge in [0.1, 0.15) is 11.6 Å². The van der Waals surface area contributed by atoms with E-state index in [2.05, 4.69) is 5.32 Å². The summed E-state index contributed by atoms with van der Waals surface area (Å²) in [6.07, 6.45) is -1.15. The predicted molar refractivity (Wildman–Crippen MR) is 93.8 cm³/mol. The largest absolute Gasteiger partial charge is 0.449 e. The fourth-order valence-corrected chi connectivity index (χ4v) is 2.44. The van der Waals surface area contributed by atoms with Crippen LogP contribution in [0.2, 0.25) is 0 Å². The van der Waals surface area contributed by atoms with Gasteiger partial charge in [0, 0.05) is 11.8 Å². The van der Waals surface area contributed by atoms with Crippen molar-refractivity contribution in [2.75, 3.05) is 5.32 Å². The average molecular weight is 355 g/mol. The summed E-state index contributed by atoms with van der Waals surface area (Å²) in [7, 11) is 0. The fraction of sp³-hybridized carbons (Fsp3) is 0.100. The minimum Gasteiger partial charge on any atom is -0.449 e. The molecule has 0 unspecified atom stereocenters. The summed E-state index contributed by atoms with van der Waals surface area (Å²) < 4.78 is 31.5. The van der Waals surface area contributed by atoms with Crippen LogP contribution in [-0.4, -0.2) is 18.0 Å². The second-order valence-corrected chi connectivity index (χ2v) is 5.72. The molecule has 0 bridgehead atoms. The molecule has 0 aromatic heterocycles. The molecule has 1 N–H and O–H groups in total. The first-order valence-electron chi connectivity index (χ1n) is 7.90. The number of carbonyl (C=O) groups excluding carboxylic acids is 2. The summed E-state index contributed by atoms with van der Waals surface area (Å²) in [4.78, 5) is 24.2. The average Bonchev–Trinajstić information content (AvgIpc) is 2.61. The van der Waals surface area contributed by atoms with Gasteiger partial charge in [0.15, 0.2) is 6.10 Å². The van der Waals surface area contributed by atoms with Gasteiger partial charge in [-0.3, -0.25) is 4.79 Å². The van der Waals surface area contributed by atoms with E-state index in [1.54, 1.807) is 12.1 Å². The van der Waals surface area contributed by atoms with Crippen LogP contribution in [0.5, 0.6) is 0 Å². The number of carbonyl (C=O) groups is 2. The number of amides is 1. The number of hydrogen-bond donors (Lipinski definition) is 1. The minimum atomic E-state index is -1.15. The maximum absolute atomic E-state index is 13.6. The summed E-state index contributed by atoms with van der Waals surface area (Å²) in [5.74, 6) is -3.45. The topological polar surface area (TPSA) is 55.4 Å². The van der Waals surface area contributed by atoms with E-state index in [1.165, 1.54) is 6.92 Å². The third kappa shape index (κ3) is 3.85. The quantitative estimate of drug-likeness (QED) is 0.710. The summed E-state index contributed by atoms with van der Waals surface area (Å²) >= 11 is 0. The molecule has 0 heterocycles. The Morgan fingerprint density at radius 2 is 1.69 bits per heavy atom. The fourth-order valence-electron chi connectivity index (χ4n) is 2.44. The molecule has 0 spiro atoms. The zero-order chi connectivity index (χ0) is 18.7. The highest BCUT2D eigenvalue weighted by atomic mass is 19.1. The van der Waals surface area contributed by atoms with Gasteiger partial charge in [-0.05, 0) is 42.0 Å². The lowest BCUT2D eigenvalue weighted by atomic mass is 10.1. The third-order valence-corrected chi connectivity index (χ3v) is 3.82. The number of rotatable bonds is 4. The lowest BCUT2D eigenvalue weighted by molar-refractivity contribution is -0.123. The highest BCUT2D eigenvalue weighted by molar-refractivity contribution is 5.99. The Hall–Kier alpha value is -3.28. The van der Waals surface area contributed by atoms with Gasteiger partial charge in [-0.1, -0.05) is 30.3 Å². The van der Waals surface area contributed by atoms with Crippen molar-refractivity contribution in [2.45, 2.75) is 13.0 Å². The van der Waals surface area contributed by atoms with Crippen molar-refractivity contribution in [2.24, 2.45) is 0 Å². The van der Waals surface area contributed by atoms with Crippen LogP contribution in [0.1, 0.15) is 17.3 Å². The van der Waals surface area contributed by atoms with Crippen LogP contribution in [0, 0.1) is 11.6 Å². The number of ether oxygens (including phenoxy) is 1. The summed E-state index contributed by atoms with van der Waals surface area (Å²) in [6.45, 7) is 1.37. The van der Waals surface area contributed by atoms with E-state index in [4.69, 9.17) is 4.74 Å². The number of hydrogen-bond acceptors (Lipinski definition) is 3. The molecule has 26 heavy (non-hydrogen) atoms. The van der Waals surface area contributed by atoms with Crippen LogP contribution in [0.4, 0.5) is 14.5 Å². The third-order valence-electron chi connectivity index (χ3n) is 3.82. The molecule has 0 saturated carbocycles. The standard InChI is InChI=1S/C20H15F2NO3/c1-12(26-20(25)17-9-7-15(21)11-18(17)22)19(24)23-16-8-6-13-4-2-3-5-14(13)10-16/h2-12H,1H3,(H,23,24)/t12-/m1/s1. The molecule has 132 valence electrons. The minimum absolute atomic E-state index is 0.434. The van der Waals surface area contributed by atoms with Crippen molar-refractivity contribution in [3.8, 4) is 0 Å². The Kier molecular flexibility index (Phi) is 4.93. The van der Waals surface area contributed by atoms with Gasteiger partial charge < -0.3 is 10.1 Å². The van der Waals surface area contributed by atoms with Crippen molar-refractivity contribution < 1.29 is 23.1 Å². The predicted octanol–water partition coefficient (Wildman–Crippen LogP) is 4.30. The Bertz CT molecular complexity index is 988. The maximum Gasteiger partial charge on any atom is 0.341 e. The Morgan fingerprint density at radius 1 is 0.962 bits per heavy atom. The van der Waals surface area contributed by atoms with E-state index in [1.807, 2.05) is 30.3 Å². The van der Waals surface area contributed by atoms with Gasteiger partial charge in [-0.2, -0.15) is 0 Å². The lowest BCUT2D eigenvalue weighted by Gasteiger charge is -2.14. The number of fused-ring (bicyclic) bond motifs is 1. The van der Waals surface area contributed by atoms with Crippen LogP contribution in [-0.2, 0) is 9.53 Å². The number of benzene rings is 3. The number of nitrogens with one attached hydrogen (secondary N) is 1. The van der Waals surface area contributed by atoms with Crippen molar-refractivity contribution in [3.63, 3.8) is 0 Å². The number of anilines is 1. The molecule has 0 aliphatic heterocycles. The second kappa shape index (κ2) is 7.31. The van der Waals surface area contributed by atoms with E-state index >= 15 is 0 Å². The highest BCUT2D eigenvalue weighted by Gasteiger charge is 2.21. The Morgan fingerprint density at radius 3 is 2.42 bits per heavy atom. The van der Waals surface area contributed by atoms with Gasteiger partial charge in [0.2, 0.25) is 0 Å². The van der Waals surface area contributed by atoms with Gasteiger partial charge in [-0.25, -0.2) is 13.6 Å². The molecular weight excluding hydrogens is 340 g/mol. The zero-order valence-corrected chi connectivity index (χ0v) is 13.8. The smallest absolute Gasteiger partial charge is 0.341 e. The molecule has 0 aliphatic carbocycles. The molecule has 3 aromatic carbocycles. The van der Waals surface area contributed by atoms with Crippen LogP contribution >= 0.6 is 0 Å². The van der Waals surface area contributed by atoms with Crippen molar-refractivity contribution in [3.05, 3.63) is 77.9 Å². The van der Waals surface area contributed by atoms with Gasteiger partial charge in [0.25, 0.3) is 5.91 Å². The SMILES string of the molecule is C[C@@H](OC(=O)c1ccc(F)cc1F)C(=O)Nc1ccc2ccccc2c1. The van der Waals surface area contributed by atoms with Crippen molar-refractivity contribution in [1.29, 1.82) is 0 Å². The van der Waals surface area contributed by atoms with Crippen molar-refractivity contribution >= 4 is 28.3 Å². The molecule has 4 nitrogen and oxygen atoms in total. The second-order valence-electron chi connectivity index (χ2n) is 5.72. The summed E-state index contributed by atoms with van der Waals surface area (Å²) in [5, 5.41) is 4.62. The number of esters is 1. The van der Waals surface area contributed by atoms with Gasteiger partial charge in [-0.15, -0.1) is 0 Å². The van der Waals surface area contributed by atoms with Crippen LogP contribution < -0.4 is 5.32 Å². The first-order chi connectivity index (χ1) is 12.4. The van der Waals surface area contributed by atoms with Crippen LogP contribution in [0.25, 0.3) is 10.8 Å². The van der Waals surface area contributed by atoms with E-state index in [0.29, 0.717) is 11.8 Å². The zero-order valence-electron chi connectivity index (χ0n) is 13.8. The Labute approximate surface area is 148 Å². The van der Waals surface area contributed by atoms with Gasteiger partial charge in [0.05, 0.1) is 5.56 Å². The summed E-state index contributed by atoms with van der Waals surface area (Å²) in [5.41, 5.74) is 0.112. The molecule has 0 fully saturated rings. The first-order valence-corrected chi connectivity index (χ1v) is 7.90. The molecule has 1 amide bonds. The molecule has 1 atom stereocenters. The Balaban J connectivity index is 1.67. The van der Waals surface area contributed by atoms with E-state index in [9.17, 15) is 18.4 Å². The number of halogens is 2. The highest BCUT2D eigenvalue weighted by Crippen LogP contribution is 2.19. The maximum atomic E-state index is 13.6. The molecular formula is C20H15F2NO3. The van der Waals surface area contributed by atoms with E-state index < -0.39 is 35.2 Å². The van der Waals surface area contributed by atoms with Crippen LogP contribution in [0.15, 0.2) is 60.7 Å². The van der Waals surface area contributed by atoms with Crippen molar-refractivity contribution in [1.82, 2.24) is 0 Å². The van der Waals surface area contributed by atoms with E-state index in [0.717, 1.165) is 22.9 Å². The van der Waals surface area contributed by atoms with Crippen LogP contribution in [0.3, 0.4) is 0 Å². The molecule has 0 aliphatic rings. The molecule has 6 heteroatoms. The summed E-state index contributed by atoms with van der Waals surface area (Å²) in [6, 6.07) is 15.5. The monoisotopic (exact) mass is 355 g/mol. The molecule has 3 rings (SSSR count).